The molecule has 3 heterocycles. The van der Waals surface area contributed by atoms with Crippen LogP contribution in [0.2, 0.25) is 0 Å². The van der Waals surface area contributed by atoms with Gasteiger partial charge in [-0.25, -0.2) is 4.79 Å². The molecule has 0 N–H and O–H groups in total. The molecule has 2 aliphatic rings. The number of rotatable bonds is 2. The maximum Gasteiger partial charge on any atom is 0.410 e. The van der Waals surface area contributed by atoms with E-state index in [9.17, 15) is 9.59 Å². The Morgan fingerprint density at radius 1 is 1.48 bits per heavy atom. The average molecular weight is 289 g/mol. The maximum absolute atomic E-state index is 12.4. The minimum absolute atomic E-state index is 0.0627. The van der Waals surface area contributed by atoms with Gasteiger partial charge in [0.1, 0.15) is 5.60 Å². The molecule has 0 aromatic carbocycles. The van der Waals surface area contributed by atoms with E-state index in [1.54, 1.807) is 24.3 Å². The molecule has 2 amide bonds. The highest BCUT2D eigenvalue weighted by molar-refractivity contribution is 5.79. The van der Waals surface area contributed by atoms with E-state index in [0.29, 0.717) is 19.5 Å². The Morgan fingerprint density at radius 3 is 3.00 bits per heavy atom. The van der Waals surface area contributed by atoms with Crippen molar-refractivity contribution in [3.8, 4) is 0 Å². The summed E-state index contributed by atoms with van der Waals surface area (Å²) in [5.41, 5.74) is 0.386. The van der Waals surface area contributed by atoms with Gasteiger partial charge in [-0.05, 0) is 24.5 Å². The molecule has 1 atom stereocenters. The van der Waals surface area contributed by atoms with Crippen molar-refractivity contribution in [2.75, 3.05) is 26.7 Å². The minimum atomic E-state index is -0.519. The van der Waals surface area contributed by atoms with Crippen molar-refractivity contribution in [3.05, 3.63) is 30.1 Å². The Kier molecular flexibility index (Phi) is 3.53. The Balaban J connectivity index is 1.66. The molecule has 0 bridgehead atoms. The second-order valence-corrected chi connectivity index (χ2v) is 5.86. The molecule has 21 heavy (non-hydrogen) atoms. The van der Waals surface area contributed by atoms with Gasteiger partial charge in [0.15, 0.2) is 0 Å². The molecule has 2 saturated heterocycles. The number of piperidine rings is 1. The number of carbonyl (C=O) groups excluding carboxylic acids is 2. The molecule has 112 valence electrons. The number of nitrogens with zero attached hydrogens (tertiary/aromatic N) is 3. The molecular formula is C15H19N3O3. The zero-order chi connectivity index (χ0) is 14.9. The highest BCUT2D eigenvalue weighted by Gasteiger charge is 2.47. The summed E-state index contributed by atoms with van der Waals surface area (Å²) in [4.78, 5) is 31.4. The fourth-order valence-electron chi connectivity index (χ4n) is 3.10. The summed E-state index contributed by atoms with van der Waals surface area (Å²) in [5.74, 6) is 0.0627. The van der Waals surface area contributed by atoms with Crippen molar-refractivity contribution in [3.63, 3.8) is 0 Å². The first-order chi connectivity index (χ1) is 10.1. The van der Waals surface area contributed by atoms with E-state index >= 15 is 0 Å². The van der Waals surface area contributed by atoms with E-state index in [0.717, 1.165) is 24.9 Å². The first-order valence-electron chi connectivity index (χ1n) is 7.19. The maximum atomic E-state index is 12.4. The van der Waals surface area contributed by atoms with Crippen LogP contribution in [-0.4, -0.2) is 59.1 Å². The second kappa shape index (κ2) is 5.35. The Morgan fingerprint density at radius 2 is 2.33 bits per heavy atom. The first-order valence-corrected chi connectivity index (χ1v) is 7.19. The van der Waals surface area contributed by atoms with Gasteiger partial charge in [0.05, 0.1) is 19.5 Å². The first kappa shape index (κ1) is 13.9. The number of ether oxygens (including phenoxy) is 1. The molecule has 0 radical (unpaired) electrons. The van der Waals surface area contributed by atoms with Gasteiger partial charge in [-0.3, -0.25) is 9.78 Å². The fraction of sp³-hybridized carbons (Fsp3) is 0.533. The van der Waals surface area contributed by atoms with Gasteiger partial charge in [-0.15, -0.1) is 0 Å². The highest BCUT2D eigenvalue weighted by Crippen LogP contribution is 2.31. The fourth-order valence-corrected chi connectivity index (χ4v) is 3.10. The summed E-state index contributed by atoms with van der Waals surface area (Å²) >= 11 is 0. The number of hydrogen-bond acceptors (Lipinski definition) is 4. The smallest absolute Gasteiger partial charge is 0.410 e. The lowest BCUT2D eigenvalue weighted by Crippen LogP contribution is -2.52. The Hall–Kier alpha value is -2.11. The Labute approximate surface area is 123 Å². The van der Waals surface area contributed by atoms with Gasteiger partial charge in [-0.1, -0.05) is 6.07 Å². The van der Waals surface area contributed by atoms with E-state index in [1.165, 1.54) is 0 Å². The summed E-state index contributed by atoms with van der Waals surface area (Å²) in [7, 11) is 1.73. The molecular weight excluding hydrogens is 270 g/mol. The van der Waals surface area contributed by atoms with E-state index in [-0.39, 0.29) is 12.0 Å². The second-order valence-electron chi connectivity index (χ2n) is 5.86. The number of hydrogen-bond donors (Lipinski definition) is 0. The lowest BCUT2D eigenvalue weighted by molar-refractivity contribution is -0.136. The van der Waals surface area contributed by atoms with Gasteiger partial charge in [0.2, 0.25) is 5.91 Å². The molecule has 6 nitrogen and oxygen atoms in total. The standard InChI is InChI=1S/C15H19N3O3/c1-17-10-15(21-14(17)20)5-3-7-18(11-15)13(19)8-12-4-2-6-16-9-12/h2,4,6,9H,3,5,7-8,10-11H2,1H3/t15-/m0/s1. The lowest BCUT2D eigenvalue weighted by atomic mass is 9.92. The largest absolute Gasteiger partial charge is 0.439 e. The third-order valence-electron chi connectivity index (χ3n) is 4.11. The average Bonchev–Trinajstić information content (AvgIpc) is 2.74. The van der Waals surface area contributed by atoms with Crippen LogP contribution in [0.4, 0.5) is 4.79 Å². The zero-order valence-corrected chi connectivity index (χ0v) is 12.1. The molecule has 0 aliphatic carbocycles. The van der Waals surface area contributed by atoms with Crippen molar-refractivity contribution in [1.29, 1.82) is 0 Å². The van der Waals surface area contributed by atoms with Gasteiger partial charge in [0, 0.05) is 26.0 Å². The molecule has 1 spiro atoms. The monoisotopic (exact) mass is 289 g/mol. The number of carbonyl (C=O) groups is 2. The van der Waals surface area contributed by atoms with Crippen molar-refractivity contribution < 1.29 is 14.3 Å². The number of pyridine rings is 1. The minimum Gasteiger partial charge on any atom is -0.439 e. The molecule has 6 heteroatoms. The van der Waals surface area contributed by atoms with Crippen LogP contribution in [0.5, 0.6) is 0 Å². The van der Waals surface area contributed by atoms with E-state index in [2.05, 4.69) is 4.98 Å². The Bertz CT molecular complexity index is 548. The zero-order valence-electron chi connectivity index (χ0n) is 12.1. The molecule has 3 rings (SSSR count). The SMILES string of the molecule is CN1C[C@]2(CCCN(C(=O)Cc3cccnc3)C2)OC1=O. The van der Waals surface area contributed by atoms with E-state index in [4.69, 9.17) is 4.74 Å². The van der Waals surface area contributed by atoms with Crippen molar-refractivity contribution in [1.82, 2.24) is 14.8 Å². The van der Waals surface area contributed by atoms with E-state index < -0.39 is 5.60 Å². The lowest BCUT2D eigenvalue weighted by Gasteiger charge is -2.38. The third kappa shape index (κ3) is 2.84. The third-order valence-corrected chi connectivity index (χ3v) is 4.11. The van der Waals surface area contributed by atoms with Gasteiger partial charge >= 0.3 is 6.09 Å². The highest BCUT2D eigenvalue weighted by atomic mass is 16.6. The molecule has 0 saturated carbocycles. The van der Waals surface area contributed by atoms with Crippen LogP contribution in [0.3, 0.4) is 0 Å². The quantitative estimate of drug-likeness (QED) is 0.817. The number of likely N-dealkylation sites (tertiary alicyclic amines) is 1. The van der Waals surface area contributed by atoms with Crippen LogP contribution < -0.4 is 0 Å². The summed E-state index contributed by atoms with van der Waals surface area (Å²) in [6, 6.07) is 3.72. The molecule has 0 unspecified atom stereocenters. The predicted octanol–water partition coefficient (Wildman–Crippen LogP) is 1.07. The van der Waals surface area contributed by atoms with Crippen LogP contribution in [0.1, 0.15) is 18.4 Å². The molecule has 1 aromatic heterocycles. The van der Waals surface area contributed by atoms with Crippen LogP contribution in [-0.2, 0) is 16.0 Å². The summed E-state index contributed by atoms with van der Waals surface area (Å²) in [6.45, 7) is 1.77. The summed E-state index contributed by atoms with van der Waals surface area (Å²) in [6.07, 6.45) is 5.13. The molecule has 2 fully saturated rings. The number of amides is 2. The van der Waals surface area contributed by atoms with Crippen LogP contribution in [0.15, 0.2) is 24.5 Å². The number of aromatic nitrogens is 1. The van der Waals surface area contributed by atoms with Crippen LogP contribution >= 0.6 is 0 Å². The molecule has 2 aliphatic heterocycles. The van der Waals surface area contributed by atoms with Crippen molar-refractivity contribution >= 4 is 12.0 Å². The topological polar surface area (TPSA) is 62.7 Å². The van der Waals surface area contributed by atoms with Crippen LogP contribution in [0, 0.1) is 0 Å². The van der Waals surface area contributed by atoms with Gasteiger partial charge in [0.25, 0.3) is 0 Å². The van der Waals surface area contributed by atoms with Crippen molar-refractivity contribution in [2.45, 2.75) is 24.9 Å². The van der Waals surface area contributed by atoms with Gasteiger partial charge < -0.3 is 14.5 Å². The predicted molar refractivity (Wildman–Crippen MR) is 75.6 cm³/mol. The number of likely N-dealkylation sites (N-methyl/N-ethyl adjacent to an activating group) is 1. The summed E-state index contributed by atoms with van der Waals surface area (Å²) < 4.78 is 5.51. The van der Waals surface area contributed by atoms with Crippen molar-refractivity contribution in [2.24, 2.45) is 0 Å². The van der Waals surface area contributed by atoms with Crippen LogP contribution in [0.25, 0.3) is 0 Å². The summed E-state index contributed by atoms with van der Waals surface area (Å²) in [5, 5.41) is 0. The molecule has 1 aromatic rings. The normalized spacial score (nSPS) is 25.3. The van der Waals surface area contributed by atoms with E-state index in [1.807, 2.05) is 17.0 Å². The van der Waals surface area contributed by atoms with Gasteiger partial charge in [-0.2, -0.15) is 0 Å².